The molecule has 0 spiro atoms. The number of ether oxygens (including phenoxy) is 3. The Balaban J connectivity index is 4.32. The van der Waals surface area contributed by atoms with Gasteiger partial charge in [-0.15, -0.1) is 0 Å². The van der Waals surface area contributed by atoms with Gasteiger partial charge >= 0.3 is 17.9 Å². The highest BCUT2D eigenvalue weighted by Crippen LogP contribution is 2.17. The largest absolute Gasteiger partial charge is 0.462 e. The van der Waals surface area contributed by atoms with Gasteiger partial charge in [0.2, 0.25) is 0 Å². The molecule has 1 atom stereocenters. The molecule has 0 saturated heterocycles. The van der Waals surface area contributed by atoms with Crippen molar-refractivity contribution in [3.05, 3.63) is 0 Å². The van der Waals surface area contributed by atoms with Crippen LogP contribution in [0.2, 0.25) is 0 Å². The fraction of sp³-hybridized carbons (Fsp3) is 0.939. The molecule has 0 radical (unpaired) electrons. The molecule has 0 aromatic rings. The van der Waals surface area contributed by atoms with E-state index in [4.69, 9.17) is 14.2 Å². The van der Waals surface area contributed by atoms with E-state index in [1.54, 1.807) is 0 Å². The summed E-state index contributed by atoms with van der Waals surface area (Å²) in [5, 5.41) is 0. The summed E-state index contributed by atoms with van der Waals surface area (Å²) in [6.45, 7) is 11.3. The van der Waals surface area contributed by atoms with Crippen molar-refractivity contribution in [2.75, 3.05) is 13.2 Å². The van der Waals surface area contributed by atoms with Crippen molar-refractivity contribution in [2.24, 2.45) is 11.8 Å². The second-order valence-electron chi connectivity index (χ2n) is 17.7. The van der Waals surface area contributed by atoms with E-state index in [0.717, 1.165) is 69.6 Å². The number of carbonyl (C=O) groups is 3. The normalized spacial score (nSPS) is 12.1. The van der Waals surface area contributed by atoms with Crippen LogP contribution in [0.1, 0.15) is 266 Å². The highest BCUT2D eigenvalue weighted by molar-refractivity contribution is 5.71. The summed E-state index contributed by atoms with van der Waals surface area (Å²) in [6, 6.07) is 0. The second-order valence-corrected chi connectivity index (χ2v) is 17.7. The quantitative estimate of drug-likeness (QED) is 0.0348. The number of hydrogen-bond acceptors (Lipinski definition) is 6. The summed E-state index contributed by atoms with van der Waals surface area (Å²) in [6.07, 6.45) is 40.9. The second kappa shape index (κ2) is 42.0. The van der Waals surface area contributed by atoms with E-state index in [2.05, 4.69) is 34.6 Å². The van der Waals surface area contributed by atoms with Crippen LogP contribution in [-0.2, 0) is 28.6 Å². The molecule has 55 heavy (non-hydrogen) atoms. The summed E-state index contributed by atoms with van der Waals surface area (Å²) in [4.78, 5) is 37.8. The molecule has 0 aliphatic heterocycles. The molecular weight excluding hydrogens is 685 g/mol. The average molecular weight is 779 g/mol. The van der Waals surface area contributed by atoms with Crippen LogP contribution in [0.15, 0.2) is 0 Å². The summed E-state index contributed by atoms with van der Waals surface area (Å²) < 4.78 is 16.7. The molecule has 0 unspecified atom stereocenters. The van der Waals surface area contributed by atoms with Gasteiger partial charge in [-0.1, -0.05) is 227 Å². The molecule has 6 nitrogen and oxygen atoms in total. The average Bonchev–Trinajstić information content (AvgIpc) is 3.15. The summed E-state index contributed by atoms with van der Waals surface area (Å²) in [7, 11) is 0. The predicted octanol–water partition coefficient (Wildman–Crippen LogP) is 15.4. The van der Waals surface area contributed by atoms with Gasteiger partial charge < -0.3 is 14.2 Å². The van der Waals surface area contributed by atoms with Crippen molar-refractivity contribution in [3.8, 4) is 0 Å². The van der Waals surface area contributed by atoms with E-state index in [1.807, 2.05) is 0 Å². The highest BCUT2D eigenvalue weighted by Gasteiger charge is 2.19. The van der Waals surface area contributed by atoms with E-state index in [1.165, 1.54) is 154 Å². The van der Waals surface area contributed by atoms with Gasteiger partial charge in [0.1, 0.15) is 13.2 Å². The molecule has 0 N–H and O–H groups in total. The zero-order valence-corrected chi connectivity index (χ0v) is 37.6. The van der Waals surface area contributed by atoms with Crippen LogP contribution >= 0.6 is 0 Å². The molecule has 326 valence electrons. The molecule has 0 aromatic heterocycles. The fourth-order valence-electron chi connectivity index (χ4n) is 7.28. The first-order valence-corrected chi connectivity index (χ1v) is 24.2. The smallest absolute Gasteiger partial charge is 0.306 e. The first-order chi connectivity index (χ1) is 26.7. The van der Waals surface area contributed by atoms with Crippen molar-refractivity contribution >= 4 is 17.9 Å². The minimum Gasteiger partial charge on any atom is -0.462 e. The predicted molar refractivity (Wildman–Crippen MR) is 233 cm³/mol. The van der Waals surface area contributed by atoms with Crippen molar-refractivity contribution < 1.29 is 28.6 Å². The molecule has 6 heteroatoms. The maximum absolute atomic E-state index is 12.7. The molecule has 0 bridgehead atoms. The standard InChI is InChI=1S/C49H94O6/c1-6-7-8-9-10-11-19-24-29-34-39-47(50)53-42-46(43-54-48(51)40-35-30-25-20-16-15-18-23-28-33-38-45(4)5)55-49(52)41-36-31-26-21-14-12-13-17-22-27-32-37-44(2)3/h44-46H,6-43H2,1-5H3/t46-/m1/s1. The highest BCUT2D eigenvalue weighted by atomic mass is 16.6. The SMILES string of the molecule is CCCCCCCCCCCCC(=O)OC[C@H](COC(=O)CCCCCCCCCCCCC(C)C)OC(=O)CCCCCCCCCCCCCC(C)C. The van der Waals surface area contributed by atoms with E-state index in [-0.39, 0.29) is 31.1 Å². The lowest BCUT2D eigenvalue weighted by molar-refractivity contribution is -0.167. The molecule has 0 aliphatic rings. The topological polar surface area (TPSA) is 78.9 Å². The van der Waals surface area contributed by atoms with Crippen molar-refractivity contribution in [2.45, 2.75) is 272 Å². The van der Waals surface area contributed by atoms with E-state index >= 15 is 0 Å². The summed E-state index contributed by atoms with van der Waals surface area (Å²) in [5.41, 5.74) is 0. The van der Waals surface area contributed by atoms with Crippen molar-refractivity contribution in [3.63, 3.8) is 0 Å². The Labute approximate surface area is 342 Å². The molecule has 0 amide bonds. The third-order valence-electron chi connectivity index (χ3n) is 11.0. The van der Waals surface area contributed by atoms with Crippen LogP contribution in [0.5, 0.6) is 0 Å². The van der Waals surface area contributed by atoms with Crippen molar-refractivity contribution in [1.29, 1.82) is 0 Å². The lowest BCUT2D eigenvalue weighted by Crippen LogP contribution is -2.30. The maximum Gasteiger partial charge on any atom is 0.306 e. The Kier molecular flexibility index (Phi) is 40.8. The van der Waals surface area contributed by atoms with Crippen LogP contribution in [-0.4, -0.2) is 37.2 Å². The number of carbonyl (C=O) groups excluding carboxylic acids is 3. The number of hydrogen-bond donors (Lipinski definition) is 0. The molecule has 0 aliphatic carbocycles. The zero-order chi connectivity index (χ0) is 40.5. The van der Waals surface area contributed by atoms with Gasteiger partial charge in [-0.2, -0.15) is 0 Å². The van der Waals surface area contributed by atoms with Crippen LogP contribution in [0, 0.1) is 11.8 Å². The van der Waals surface area contributed by atoms with Crippen LogP contribution < -0.4 is 0 Å². The van der Waals surface area contributed by atoms with Gasteiger partial charge in [-0.3, -0.25) is 14.4 Å². The van der Waals surface area contributed by atoms with E-state index in [0.29, 0.717) is 19.3 Å². The monoisotopic (exact) mass is 779 g/mol. The third-order valence-corrected chi connectivity index (χ3v) is 11.0. The third kappa shape index (κ3) is 43.4. The van der Waals surface area contributed by atoms with Crippen LogP contribution in [0.4, 0.5) is 0 Å². The number of unbranched alkanes of at least 4 members (excludes halogenated alkanes) is 28. The van der Waals surface area contributed by atoms with Gasteiger partial charge in [-0.25, -0.2) is 0 Å². The number of rotatable bonds is 43. The van der Waals surface area contributed by atoms with Crippen LogP contribution in [0.25, 0.3) is 0 Å². The zero-order valence-electron chi connectivity index (χ0n) is 37.6. The summed E-state index contributed by atoms with van der Waals surface area (Å²) in [5.74, 6) is 0.789. The molecule has 0 saturated carbocycles. The Bertz CT molecular complexity index is 839. The lowest BCUT2D eigenvalue weighted by atomic mass is 10.0. The first-order valence-electron chi connectivity index (χ1n) is 24.2. The van der Waals surface area contributed by atoms with Crippen molar-refractivity contribution in [1.82, 2.24) is 0 Å². The van der Waals surface area contributed by atoms with E-state index < -0.39 is 6.10 Å². The molecular formula is C49H94O6. The van der Waals surface area contributed by atoms with E-state index in [9.17, 15) is 14.4 Å². The Morgan fingerprint density at radius 1 is 0.345 bits per heavy atom. The number of esters is 3. The molecule has 0 fully saturated rings. The molecule has 0 heterocycles. The lowest BCUT2D eigenvalue weighted by Gasteiger charge is -2.18. The molecule has 0 rings (SSSR count). The van der Waals surface area contributed by atoms with Crippen LogP contribution in [0.3, 0.4) is 0 Å². The van der Waals surface area contributed by atoms with Gasteiger partial charge in [0.05, 0.1) is 0 Å². The first kappa shape index (κ1) is 53.4. The van der Waals surface area contributed by atoms with Gasteiger partial charge in [0, 0.05) is 19.3 Å². The van der Waals surface area contributed by atoms with Gasteiger partial charge in [-0.05, 0) is 31.1 Å². The Hall–Kier alpha value is -1.59. The summed E-state index contributed by atoms with van der Waals surface area (Å²) >= 11 is 0. The maximum atomic E-state index is 12.7. The van der Waals surface area contributed by atoms with Gasteiger partial charge in [0.15, 0.2) is 6.10 Å². The van der Waals surface area contributed by atoms with Gasteiger partial charge in [0.25, 0.3) is 0 Å². The minimum atomic E-state index is -0.760. The minimum absolute atomic E-state index is 0.0644. The Morgan fingerprint density at radius 3 is 0.891 bits per heavy atom. The fourth-order valence-corrected chi connectivity index (χ4v) is 7.28. The molecule has 0 aromatic carbocycles. The Morgan fingerprint density at radius 2 is 0.600 bits per heavy atom.